The average Bonchev–Trinajstić information content (AvgIpc) is 1.94. The average molecular weight is 333 g/mol. The third kappa shape index (κ3) is 5.62. The fourth-order valence-electron chi connectivity index (χ4n) is 3.38. The molecule has 0 bridgehead atoms. The van der Waals surface area contributed by atoms with Crippen molar-refractivity contribution in [1.82, 2.24) is 0 Å². The molecule has 0 saturated carbocycles. The predicted molar refractivity (Wildman–Crippen MR) is 92.4 cm³/mol. The van der Waals surface area contributed by atoms with Crippen molar-refractivity contribution in [1.29, 1.82) is 0 Å². The molecule has 0 amide bonds. The Bertz CT molecular complexity index is 213. The summed E-state index contributed by atoms with van der Waals surface area (Å²) >= 11 is 14.4. The van der Waals surface area contributed by atoms with Gasteiger partial charge in [0.25, 0.3) is 0 Å². The van der Waals surface area contributed by atoms with Gasteiger partial charge in [0.1, 0.15) is 8.24 Å². The Morgan fingerprint density at radius 3 is 0.778 bits per heavy atom. The van der Waals surface area contributed by atoms with Crippen molar-refractivity contribution in [2.24, 2.45) is 5.40 Å². The molecule has 0 aromatic heterocycles. The largest absolute Gasteiger partial charge is 0.450 e. The standard InChI is InChI=1S/C12H29NSi.BCl3/c1-10(2,3)14(13,11(4,5)6)12(7,8)9;2-1(3)4/h13H2,1-9H3;. The van der Waals surface area contributed by atoms with Crippen LogP contribution in [0.1, 0.15) is 62.3 Å². The van der Waals surface area contributed by atoms with Gasteiger partial charge < -0.3 is 5.40 Å². The lowest BCUT2D eigenvalue weighted by molar-refractivity contribution is 0.530. The van der Waals surface area contributed by atoms with Crippen molar-refractivity contribution in [3.8, 4) is 0 Å². The Labute approximate surface area is 130 Å². The lowest BCUT2D eigenvalue weighted by atomic mass is 10.2. The van der Waals surface area contributed by atoms with Gasteiger partial charge in [-0.2, -0.15) is 34.4 Å². The Morgan fingerprint density at radius 2 is 0.778 bits per heavy atom. The molecule has 0 aromatic rings. The van der Waals surface area contributed by atoms with Crippen LogP contribution < -0.4 is 5.40 Å². The first-order valence-electron chi connectivity index (χ1n) is 6.19. The third-order valence-corrected chi connectivity index (χ3v) is 10.6. The van der Waals surface area contributed by atoms with Gasteiger partial charge in [-0.3, -0.25) is 0 Å². The maximum atomic E-state index is 6.87. The number of rotatable bonds is 0. The summed E-state index contributed by atoms with van der Waals surface area (Å²) in [5.41, 5.74) is 0. The summed E-state index contributed by atoms with van der Waals surface area (Å²) in [7, 11) is -1.85. The molecule has 0 radical (unpaired) electrons. The first kappa shape index (κ1) is 21.4. The van der Waals surface area contributed by atoms with Crippen molar-refractivity contribution in [2.45, 2.75) is 77.4 Å². The molecule has 0 unspecified atom stereocenters. The molecule has 2 N–H and O–H groups in total. The lowest BCUT2D eigenvalue weighted by Crippen LogP contribution is -2.66. The van der Waals surface area contributed by atoms with E-state index in [2.05, 4.69) is 62.3 Å². The smallest absolute Gasteiger partial charge is 0.350 e. The van der Waals surface area contributed by atoms with E-state index in [9.17, 15) is 0 Å². The number of nitrogens with two attached hydrogens (primary N) is 1. The van der Waals surface area contributed by atoms with E-state index in [4.69, 9.17) is 39.8 Å². The number of halogens is 3. The first-order valence-corrected chi connectivity index (χ1v) is 9.58. The molecule has 0 heterocycles. The molecule has 110 valence electrons. The minimum Gasteiger partial charge on any atom is -0.350 e. The van der Waals surface area contributed by atoms with Crippen molar-refractivity contribution >= 4 is 47.6 Å². The molecule has 0 saturated heterocycles. The third-order valence-electron chi connectivity index (χ3n) is 3.55. The van der Waals surface area contributed by atoms with E-state index in [0.717, 1.165) is 0 Å². The summed E-state index contributed by atoms with van der Waals surface area (Å²) < 4.78 is 0. The van der Waals surface area contributed by atoms with Crippen LogP contribution in [-0.2, 0) is 0 Å². The van der Waals surface area contributed by atoms with Crippen LogP contribution in [0.4, 0.5) is 0 Å². The summed E-state index contributed by atoms with van der Waals surface area (Å²) in [5, 5.41) is 7.59. The molecule has 6 heteroatoms. The molecule has 0 aliphatic heterocycles. The van der Waals surface area contributed by atoms with Crippen LogP contribution in [0.2, 0.25) is 15.1 Å². The fraction of sp³-hybridized carbons (Fsp3) is 1.00. The highest BCUT2D eigenvalue weighted by atomic mass is 35.6. The first-order chi connectivity index (χ1) is 7.48. The summed E-state index contributed by atoms with van der Waals surface area (Å²) in [6.07, 6.45) is 0. The van der Waals surface area contributed by atoms with Crippen LogP contribution >= 0.6 is 34.4 Å². The van der Waals surface area contributed by atoms with Gasteiger partial charge in [-0.1, -0.05) is 62.3 Å². The molecule has 0 atom stereocenters. The monoisotopic (exact) mass is 331 g/mol. The Kier molecular flexibility index (Phi) is 7.98. The van der Waals surface area contributed by atoms with Crippen molar-refractivity contribution in [3.05, 3.63) is 0 Å². The van der Waals surface area contributed by atoms with Crippen LogP contribution in [0.5, 0.6) is 0 Å². The van der Waals surface area contributed by atoms with E-state index in [1.165, 1.54) is 0 Å². The van der Waals surface area contributed by atoms with Gasteiger partial charge in [-0.25, -0.2) is 0 Å². The maximum absolute atomic E-state index is 6.87. The predicted octanol–water partition coefficient (Wildman–Crippen LogP) is 5.98. The zero-order valence-electron chi connectivity index (χ0n) is 13.3. The van der Waals surface area contributed by atoms with Crippen LogP contribution in [0, 0.1) is 0 Å². The van der Waals surface area contributed by atoms with Gasteiger partial charge in [0.15, 0.2) is 0 Å². The van der Waals surface area contributed by atoms with E-state index in [-0.39, 0.29) is 15.1 Å². The minimum absolute atomic E-state index is 0.240. The highest BCUT2D eigenvalue weighted by molar-refractivity contribution is 7.54. The maximum Gasteiger partial charge on any atom is 0.450 e. The van der Waals surface area contributed by atoms with Gasteiger partial charge in [-0.05, 0) is 15.1 Å². The normalized spacial score (nSPS) is 13.8. The second kappa shape index (κ2) is 6.71. The molecule has 0 rings (SSSR count). The minimum atomic E-state index is -1.85. The van der Waals surface area contributed by atoms with Crippen molar-refractivity contribution in [2.75, 3.05) is 0 Å². The van der Waals surface area contributed by atoms with Gasteiger partial charge in [0.2, 0.25) is 0 Å². The number of hydrogen-bond donors (Lipinski definition) is 1. The van der Waals surface area contributed by atoms with Crippen molar-refractivity contribution in [3.63, 3.8) is 0 Å². The SMILES string of the molecule is CC(C)(C)[Si](N)(C(C)(C)C)C(C)(C)C.ClB(Cl)Cl. The summed E-state index contributed by atoms with van der Waals surface area (Å²) in [5.74, 6) is 0. The van der Waals surface area contributed by atoms with Crippen LogP contribution in [0.3, 0.4) is 0 Å². The Morgan fingerprint density at radius 1 is 0.667 bits per heavy atom. The van der Waals surface area contributed by atoms with Gasteiger partial charge >= 0.3 is 4.96 Å². The molecular formula is C12H29BCl3NSi. The zero-order chi connectivity index (χ0) is 15.6. The molecule has 1 nitrogen and oxygen atoms in total. The number of hydrogen-bond acceptors (Lipinski definition) is 1. The fourth-order valence-corrected chi connectivity index (χ4v) is 10.1. The van der Waals surface area contributed by atoms with E-state index in [1.54, 1.807) is 0 Å². The second-order valence-corrected chi connectivity index (χ2v) is 15.9. The van der Waals surface area contributed by atoms with Gasteiger partial charge in [-0.15, -0.1) is 0 Å². The van der Waals surface area contributed by atoms with Crippen LogP contribution in [0.25, 0.3) is 0 Å². The van der Waals surface area contributed by atoms with E-state index in [1.807, 2.05) is 0 Å². The Hall–Kier alpha value is 1.11. The summed E-state index contributed by atoms with van der Waals surface area (Å²) in [6.45, 7) is 20.7. The quantitative estimate of drug-likeness (QED) is 0.543. The Balaban J connectivity index is 0. The molecule has 0 spiro atoms. The molecule has 18 heavy (non-hydrogen) atoms. The molecule has 0 aliphatic carbocycles. The molecular weight excluding hydrogens is 303 g/mol. The second-order valence-electron chi connectivity index (χ2n) is 7.81. The van der Waals surface area contributed by atoms with Gasteiger partial charge in [0, 0.05) is 0 Å². The van der Waals surface area contributed by atoms with Crippen LogP contribution in [0.15, 0.2) is 0 Å². The van der Waals surface area contributed by atoms with E-state index in [0.29, 0.717) is 0 Å². The highest BCUT2D eigenvalue weighted by Gasteiger charge is 2.57. The summed E-state index contributed by atoms with van der Waals surface area (Å²) in [6, 6.07) is 0. The molecule has 0 fully saturated rings. The van der Waals surface area contributed by atoms with Crippen LogP contribution in [-0.4, -0.2) is 13.2 Å². The van der Waals surface area contributed by atoms with E-state index < -0.39 is 13.2 Å². The topological polar surface area (TPSA) is 26.0 Å². The highest BCUT2D eigenvalue weighted by Crippen LogP contribution is 2.58. The van der Waals surface area contributed by atoms with Gasteiger partial charge in [0.05, 0.1) is 0 Å². The molecule has 0 aromatic carbocycles. The molecule has 0 aliphatic rings. The zero-order valence-corrected chi connectivity index (χ0v) is 16.6. The summed E-state index contributed by atoms with van der Waals surface area (Å²) in [4.78, 5) is -0.750. The van der Waals surface area contributed by atoms with Crippen molar-refractivity contribution < 1.29 is 0 Å². The lowest BCUT2D eigenvalue weighted by Gasteiger charge is -2.56. The van der Waals surface area contributed by atoms with E-state index >= 15 is 0 Å².